The molecule has 1 N–H and O–H groups in total. The van der Waals surface area contributed by atoms with Crippen LogP contribution in [0.5, 0.6) is 17.2 Å². The maximum atomic E-state index is 12.3. The number of methoxy groups -OCH3 is 2. The van der Waals surface area contributed by atoms with Gasteiger partial charge in [0.05, 0.1) is 14.2 Å². The zero-order valence-corrected chi connectivity index (χ0v) is 23.2. The summed E-state index contributed by atoms with van der Waals surface area (Å²) in [7, 11) is 3.36. The van der Waals surface area contributed by atoms with Gasteiger partial charge in [0.2, 0.25) is 0 Å². The Morgan fingerprint density at radius 2 is 1.67 bits per heavy atom. The third-order valence-corrected chi connectivity index (χ3v) is 9.12. The van der Waals surface area contributed by atoms with Crippen LogP contribution in [-0.2, 0) is 5.60 Å². The van der Waals surface area contributed by atoms with Gasteiger partial charge in [0.1, 0.15) is 11.4 Å². The third kappa shape index (κ3) is 3.60. The number of benzene rings is 2. The average molecular weight is 508 g/mol. The molecule has 2 aliphatic heterocycles. The lowest BCUT2D eigenvalue weighted by Crippen LogP contribution is -2.47. The molecule has 192 valence electrons. The van der Waals surface area contributed by atoms with Gasteiger partial charge in [-0.25, -0.2) is 0 Å². The van der Waals surface area contributed by atoms with Crippen molar-refractivity contribution >= 4 is 17.0 Å². The van der Waals surface area contributed by atoms with Crippen LogP contribution in [0, 0.1) is 20.8 Å². The number of ether oxygens (including phenoxy) is 3. The van der Waals surface area contributed by atoms with Crippen LogP contribution in [0.25, 0.3) is 0 Å². The van der Waals surface area contributed by atoms with Crippen molar-refractivity contribution in [1.82, 2.24) is 0 Å². The van der Waals surface area contributed by atoms with Gasteiger partial charge in [0.15, 0.2) is 17.1 Å². The number of rotatable bonds is 5. The second-order valence-electron chi connectivity index (χ2n) is 10.6. The van der Waals surface area contributed by atoms with E-state index in [9.17, 15) is 5.11 Å². The minimum absolute atomic E-state index is 0.474. The molecule has 0 radical (unpaired) electrons. The highest BCUT2D eigenvalue weighted by atomic mass is 32.1. The number of aliphatic hydroxyl groups is 1. The summed E-state index contributed by atoms with van der Waals surface area (Å²) in [6.45, 7) is 12.4. The Labute approximate surface area is 218 Å². The minimum Gasteiger partial charge on any atom is -0.493 e. The van der Waals surface area contributed by atoms with Crippen molar-refractivity contribution in [3.8, 4) is 17.2 Å². The number of fused-ring (bicyclic) bond motifs is 1. The number of thiophene rings is 1. The van der Waals surface area contributed by atoms with Crippen molar-refractivity contribution in [3.05, 3.63) is 68.4 Å². The van der Waals surface area contributed by atoms with Crippen molar-refractivity contribution in [2.45, 2.75) is 64.6 Å². The Balaban J connectivity index is 1.49. The molecule has 0 aliphatic carbocycles. The van der Waals surface area contributed by atoms with Crippen LogP contribution in [0.3, 0.4) is 0 Å². The zero-order chi connectivity index (χ0) is 25.8. The van der Waals surface area contributed by atoms with Crippen LogP contribution < -0.4 is 19.1 Å². The molecule has 3 heterocycles. The summed E-state index contributed by atoms with van der Waals surface area (Å²) in [6.07, 6.45) is 2.11. The fourth-order valence-corrected chi connectivity index (χ4v) is 6.98. The van der Waals surface area contributed by atoms with Gasteiger partial charge >= 0.3 is 0 Å². The van der Waals surface area contributed by atoms with Crippen molar-refractivity contribution in [3.63, 3.8) is 0 Å². The molecule has 3 aromatic rings. The van der Waals surface area contributed by atoms with E-state index in [1.807, 2.05) is 36.7 Å². The SMILES string of the molecule is COc1ccc(C2CCN(c3c(C)c(C)c4c(c3C)C(O)(c3ccsc3)C(C)(C)O4)CC2)cc1OC. The van der Waals surface area contributed by atoms with E-state index in [2.05, 4.69) is 37.8 Å². The van der Waals surface area contributed by atoms with E-state index in [1.165, 1.54) is 16.8 Å². The molecule has 5 rings (SSSR count). The number of hydrogen-bond donors (Lipinski definition) is 1. The smallest absolute Gasteiger partial charge is 0.160 e. The summed E-state index contributed by atoms with van der Waals surface area (Å²) >= 11 is 1.61. The number of piperidine rings is 1. The van der Waals surface area contributed by atoms with Crippen LogP contribution in [0.1, 0.15) is 66.0 Å². The highest BCUT2D eigenvalue weighted by molar-refractivity contribution is 7.08. The molecule has 1 atom stereocenters. The first-order valence-corrected chi connectivity index (χ1v) is 13.6. The summed E-state index contributed by atoms with van der Waals surface area (Å²) in [5.74, 6) is 2.87. The Kier molecular flexibility index (Phi) is 6.24. The van der Waals surface area contributed by atoms with Gasteiger partial charge in [0, 0.05) is 29.9 Å². The van der Waals surface area contributed by atoms with E-state index < -0.39 is 11.2 Å². The fraction of sp³-hybridized carbons (Fsp3) is 0.467. The van der Waals surface area contributed by atoms with E-state index in [-0.39, 0.29) is 0 Å². The molecule has 2 aliphatic rings. The maximum Gasteiger partial charge on any atom is 0.160 e. The second-order valence-corrected chi connectivity index (χ2v) is 11.4. The molecular weight excluding hydrogens is 470 g/mol. The van der Waals surface area contributed by atoms with Gasteiger partial charge in [0.25, 0.3) is 0 Å². The molecule has 0 saturated carbocycles. The standard InChI is InChI=1S/C30H37NO4S/c1-18-19(2)28-26(30(32,29(4,5)35-28)23-12-15-36-17-23)20(3)27(18)31-13-10-21(11-14-31)22-8-9-24(33-6)25(16-22)34-7/h8-9,12,15-17,21,32H,10-11,13-14H2,1-7H3. The van der Waals surface area contributed by atoms with Crippen molar-refractivity contribution in [2.75, 3.05) is 32.2 Å². The van der Waals surface area contributed by atoms with E-state index in [4.69, 9.17) is 14.2 Å². The van der Waals surface area contributed by atoms with Crippen LogP contribution in [0.4, 0.5) is 5.69 Å². The van der Waals surface area contributed by atoms with Crippen LogP contribution >= 0.6 is 11.3 Å². The van der Waals surface area contributed by atoms with Crippen molar-refractivity contribution in [2.24, 2.45) is 0 Å². The highest BCUT2D eigenvalue weighted by Crippen LogP contribution is 2.57. The van der Waals surface area contributed by atoms with Gasteiger partial charge in [-0.15, -0.1) is 0 Å². The van der Waals surface area contributed by atoms with E-state index in [0.717, 1.165) is 65.4 Å². The van der Waals surface area contributed by atoms with Crippen LogP contribution in [0.2, 0.25) is 0 Å². The summed E-state index contributed by atoms with van der Waals surface area (Å²) < 4.78 is 17.5. The number of anilines is 1. The summed E-state index contributed by atoms with van der Waals surface area (Å²) in [5, 5.41) is 16.3. The van der Waals surface area contributed by atoms with E-state index in [1.54, 1.807) is 25.6 Å². The van der Waals surface area contributed by atoms with E-state index in [0.29, 0.717) is 5.92 Å². The molecule has 1 saturated heterocycles. The molecule has 0 spiro atoms. The lowest BCUT2D eigenvalue weighted by atomic mass is 9.75. The summed E-state index contributed by atoms with van der Waals surface area (Å²) in [5.41, 5.74) is 5.88. The molecule has 36 heavy (non-hydrogen) atoms. The summed E-state index contributed by atoms with van der Waals surface area (Å²) in [6, 6.07) is 8.31. The first-order valence-electron chi connectivity index (χ1n) is 12.7. The topological polar surface area (TPSA) is 51.2 Å². The Morgan fingerprint density at radius 1 is 0.972 bits per heavy atom. The largest absolute Gasteiger partial charge is 0.493 e. The third-order valence-electron chi connectivity index (χ3n) is 8.44. The lowest BCUT2D eigenvalue weighted by molar-refractivity contribution is -0.0642. The summed E-state index contributed by atoms with van der Waals surface area (Å²) in [4.78, 5) is 2.51. The van der Waals surface area contributed by atoms with Crippen molar-refractivity contribution < 1.29 is 19.3 Å². The lowest BCUT2D eigenvalue weighted by Gasteiger charge is -2.38. The first kappa shape index (κ1) is 25.0. The molecule has 6 heteroatoms. The molecular formula is C30H37NO4S. The van der Waals surface area contributed by atoms with E-state index >= 15 is 0 Å². The highest BCUT2D eigenvalue weighted by Gasteiger charge is 2.57. The Hall–Kier alpha value is -2.70. The molecule has 1 fully saturated rings. The monoisotopic (exact) mass is 507 g/mol. The Morgan fingerprint density at radius 3 is 2.28 bits per heavy atom. The normalized spacial score (nSPS) is 21.3. The maximum absolute atomic E-state index is 12.3. The zero-order valence-electron chi connectivity index (χ0n) is 22.4. The van der Waals surface area contributed by atoms with Gasteiger partial charge in [-0.05, 0) is 105 Å². The van der Waals surface area contributed by atoms with Crippen LogP contribution in [0.15, 0.2) is 35.0 Å². The predicted octanol–water partition coefficient (Wildman–Crippen LogP) is 6.48. The quantitative estimate of drug-likeness (QED) is 0.428. The second kappa shape index (κ2) is 9.00. The molecule has 0 amide bonds. The molecule has 5 nitrogen and oxygen atoms in total. The number of hydrogen-bond acceptors (Lipinski definition) is 6. The van der Waals surface area contributed by atoms with Gasteiger partial charge in [-0.1, -0.05) is 6.07 Å². The molecule has 2 aromatic carbocycles. The fourth-order valence-electron chi connectivity index (χ4n) is 6.28. The van der Waals surface area contributed by atoms with Gasteiger partial charge in [-0.2, -0.15) is 11.3 Å². The Bertz CT molecular complexity index is 1270. The van der Waals surface area contributed by atoms with Crippen LogP contribution in [-0.4, -0.2) is 38.0 Å². The molecule has 1 unspecified atom stereocenters. The minimum atomic E-state index is -1.20. The predicted molar refractivity (Wildman–Crippen MR) is 146 cm³/mol. The molecule has 0 bridgehead atoms. The van der Waals surface area contributed by atoms with Gasteiger partial charge in [-0.3, -0.25) is 0 Å². The number of nitrogens with zero attached hydrogens (tertiary/aromatic N) is 1. The average Bonchev–Trinajstić information content (AvgIpc) is 3.49. The first-order chi connectivity index (χ1) is 17.1. The molecule has 1 aromatic heterocycles. The van der Waals surface area contributed by atoms with Crippen molar-refractivity contribution in [1.29, 1.82) is 0 Å². The van der Waals surface area contributed by atoms with Gasteiger partial charge < -0.3 is 24.2 Å².